The van der Waals surface area contributed by atoms with E-state index in [9.17, 15) is 4.79 Å². The number of halogens is 5. The summed E-state index contributed by atoms with van der Waals surface area (Å²) < 4.78 is 3.54. The molecule has 0 spiro atoms. The van der Waals surface area contributed by atoms with Crippen molar-refractivity contribution in [1.82, 2.24) is 10.2 Å². The normalized spacial score (nSPS) is 16.8. The minimum atomic E-state index is -1.61. The van der Waals surface area contributed by atoms with Crippen molar-refractivity contribution in [2.75, 3.05) is 26.2 Å². The van der Waals surface area contributed by atoms with E-state index in [1.54, 1.807) is 4.90 Å². The number of nitrogens with one attached hydrogen (secondary N) is 1. The van der Waals surface area contributed by atoms with Crippen molar-refractivity contribution in [1.29, 1.82) is 0 Å². The molecule has 4 nitrogen and oxygen atoms in total. The van der Waals surface area contributed by atoms with Crippen LogP contribution in [0, 0.1) is 0 Å². The molecule has 29 heavy (non-hydrogen) atoms. The Hall–Kier alpha value is -0.880. The predicted octanol–water partition coefficient (Wildman–Crippen LogP) is 5.75. The van der Waals surface area contributed by atoms with Gasteiger partial charge in [0, 0.05) is 24.7 Å². The van der Waals surface area contributed by atoms with Crippen molar-refractivity contribution < 1.29 is 9.53 Å². The van der Waals surface area contributed by atoms with Crippen LogP contribution < -0.4 is 5.32 Å². The zero-order chi connectivity index (χ0) is 20.1. The van der Waals surface area contributed by atoms with Crippen molar-refractivity contribution in [3.8, 4) is 11.1 Å². The second-order valence-electron chi connectivity index (χ2n) is 6.63. The molecule has 0 unspecified atom stereocenters. The number of amides is 1. The highest BCUT2D eigenvalue weighted by Crippen LogP contribution is 2.27. The van der Waals surface area contributed by atoms with Gasteiger partial charge >= 0.3 is 6.09 Å². The van der Waals surface area contributed by atoms with Gasteiger partial charge in [-0.3, -0.25) is 0 Å². The zero-order valence-corrected chi connectivity index (χ0v) is 19.3. The Morgan fingerprint density at radius 2 is 1.66 bits per heavy atom. The molecule has 1 N–H and O–H groups in total. The number of carbonyl (C=O) groups excluding carboxylic acids is 1. The van der Waals surface area contributed by atoms with E-state index in [1.807, 2.05) is 24.3 Å². The van der Waals surface area contributed by atoms with Crippen LogP contribution in [0.4, 0.5) is 4.79 Å². The van der Waals surface area contributed by atoms with Crippen LogP contribution in [-0.2, 0) is 11.2 Å². The van der Waals surface area contributed by atoms with Crippen LogP contribution in [-0.4, -0.2) is 47.1 Å². The van der Waals surface area contributed by atoms with Crippen LogP contribution in [0.2, 0.25) is 5.02 Å². The van der Waals surface area contributed by atoms with Gasteiger partial charge in [0.15, 0.2) is 0 Å². The summed E-state index contributed by atoms with van der Waals surface area (Å²) >= 11 is 23.0. The lowest BCUT2D eigenvalue weighted by atomic mass is 9.99. The molecule has 1 heterocycles. The Kier molecular flexibility index (Phi) is 9.20. The summed E-state index contributed by atoms with van der Waals surface area (Å²) in [5.74, 6) is 0. The first-order valence-electron chi connectivity index (χ1n) is 8.87. The van der Waals surface area contributed by atoms with Crippen molar-refractivity contribution in [2.45, 2.75) is 16.3 Å². The molecule has 158 valence electrons. The Morgan fingerprint density at radius 3 is 2.24 bits per heavy atom. The van der Waals surface area contributed by atoms with Crippen LogP contribution in [0.1, 0.15) is 5.56 Å². The van der Waals surface area contributed by atoms with Crippen LogP contribution in [0.15, 0.2) is 48.5 Å². The summed E-state index contributed by atoms with van der Waals surface area (Å²) in [5, 5.41) is 4.03. The molecule has 0 saturated carbocycles. The van der Waals surface area contributed by atoms with Crippen molar-refractivity contribution in [3.63, 3.8) is 0 Å². The Balaban J connectivity index is 0.00000300. The van der Waals surface area contributed by atoms with Gasteiger partial charge in [-0.2, -0.15) is 0 Å². The molecule has 1 saturated heterocycles. The summed E-state index contributed by atoms with van der Waals surface area (Å²) in [6.07, 6.45) is 0.243. The maximum atomic E-state index is 12.4. The monoisotopic (exact) mass is 496 g/mol. The molecular weight excluding hydrogens is 477 g/mol. The van der Waals surface area contributed by atoms with Crippen molar-refractivity contribution in [2.24, 2.45) is 0 Å². The first-order valence-corrected chi connectivity index (χ1v) is 10.4. The third-order valence-corrected chi connectivity index (χ3v) is 5.13. The molecule has 2 aromatic carbocycles. The minimum Gasteiger partial charge on any atom is -0.445 e. The number of piperazine rings is 1. The molecule has 0 radical (unpaired) electrons. The zero-order valence-electron chi connectivity index (χ0n) is 15.4. The van der Waals surface area contributed by atoms with E-state index in [4.69, 9.17) is 51.1 Å². The maximum absolute atomic E-state index is 12.4. The molecule has 0 aliphatic carbocycles. The van der Waals surface area contributed by atoms with Crippen LogP contribution in [0.5, 0.6) is 0 Å². The number of rotatable bonds is 4. The van der Waals surface area contributed by atoms with Gasteiger partial charge in [-0.25, -0.2) is 4.79 Å². The van der Waals surface area contributed by atoms with Gasteiger partial charge < -0.3 is 15.0 Å². The molecule has 1 atom stereocenters. The molecule has 3 rings (SSSR count). The van der Waals surface area contributed by atoms with Crippen molar-refractivity contribution in [3.05, 3.63) is 59.1 Å². The lowest BCUT2D eigenvalue weighted by Gasteiger charge is -2.35. The fourth-order valence-electron chi connectivity index (χ4n) is 3.16. The minimum absolute atomic E-state index is 0. The van der Waals surface area contributed by atoms with Gasteiger partial charge in [0.1, 0.15) is 6.61 Å². The van der Waals surface area contributed by atoms with Gasteiger partial charge in [-0.15, -0.1) is 12.4 Å². The Bertz CT molecular complexity index is 794. The van der Waals surface area contributed by atoms with Gasteiger partial charge in [-0.05, 0) is 35.2 Å². The van der Waals surface area contributed by atoms with E-state index in [2.05, 4.69) is 29.6 Å². The molecule has 2 aromatic rings. The van der Waals surface area contributed by atoms with Crippen LogP contribution >= 0.6 is 58.8 Å². The number of hydrogen-bond donors (Lipinski definition) is 1. The van der Waals surface area contributed by atoms with E-state index in [0.717, 1.165) is 16.7 Å². The number of hydrogen-bond acceptors (Lipinski definition) is 3. The quantitative estimate of drug-likeness (QED) is 0.546. The SMILES string of the molecule is Cl.O=C(OCC(Cl)(Cl)Cl)N1CCNC[C@@H]1Cc1ccc(-c2ccc(Cl)cc2)cc1. The number of benzene rings is 2. The number of ether oxygens (including phenoxy) is 1. The van der Waals surface area contributed by atoms with Crippen LogP contribution in [0.3, 0.4) is 0 Å². The molecule has 1 fully saturated rings. The molecule has 1 amide bonds. The molecule has 0 aromatic heterocycles. The fourth-order valence-corrected chi connectivity index (χ4v) is 3.45. The molecule has 1 aliphatic heterocycles. The van der Waals surface area contributed by atoms with E-state index >= 15 is 0 Å². The first-order chi connectivity index (χ1) is 13.3. The van der Waals surface area contributed by atoms with E-state index in [-0.39, 0.29) is 25.1 Å². The molecule has 0 bridgehead atoms. The highest BCUT2D eigenvalue weighted by Gasteiger charge is 2.30. The molecule has 9 heteroatoms. The number of nitrogens with zero attached hydrogens (tertiary/aromatic N) is 1. The Morgan fingerprint density at radius 1 is 1.07 bits per heavy atom. The smallest absolute Gasteiger partial charge is 0.410 e. The second kappa shape index (κ2) is 10.9. The number of carbonyl (C=O) groups is 1. The summed E-state index contributed by atoms with van der Waals surface area (Å²) in [6, 6.07) is 16.0. The van der Waals surface area contributed by atoms with Gasteiger partial charge in [-0.1, -0.05) is 82.8 Å². The standard InChI is InChI=1S/C20H20Cl4N2O2.ClH/c21-17-7-5-16(6-8-17)15-3-1-14(2-4-15)11-18-12-25-9-10-26(18)19(27)28-13-20(22,23)24;/h1-8,18,25H,9-13H2;1H/t18-;/m0./s1. The third-order valence-electron chi connectivity index (χ3n) is 4.55. The second-order valence-corrected chi connectivity index (χ2v) is 9.58. The summed E-state index contributed by atoms with van der Waals surface area (Å²) in [5.41, 5.74) is 3.35. The lowest BCUT2D eigenvalue weighted by molar-refractivity contribution is 0.0787. The van der Waals surface area contributed by atoms with E-state index in [0.29, 0.717) is 31.1 Å². The Labute approximate surface area is 196 Å². The summed E-state index contributed by atoms with van der Waals surface area (Å²) in [4.78, 5) is 14.1. The van der Waals surface area contributed by atoms with Gasteiger partial charge in [0.25, 0.3) is 0 Å². The topological polar surface area (TPSA) is 41.6 Å². The lowest BCUT2D eigenvalue weighted by Crippen LogP contribution is -2.54. The van der Waals surface area contributed by atoms with E-state index in [1.165, 1.54) is 0 Å². The number of alkyl halides is 3. The molecule has 1 aliphatic rings. The van der Waals surface area contributed by atoms with Gasteiger partial charge in [0.05, 0.1) is 6.04 Å². The summed E-state index contributed by atoms with van der Waals surface area (Å²) in [6.45, 7) is 1.66. The molecular formula is C20H21Cl5N2O2. The predicted molar refractivity (Wildman–Crippen MR) is 123 cm³/mol. The summed E-state index contributed by atoms with van der Waals surface area (Å²) in [7, 11) is 0. The highest BCUT2D eigenvalue weighted by atomic mass is 35.6. The third kappa shape index (κ3) is 7.39. The van der Waals surface area contributed by atoms with Gasteiger partial charge in [0.2, 0.25) is 3.79 Å². The maximum Gasteiger partial charge on any atom is 0.410 e. The average Bonchev–Trinajstić information content (AvgIpc) is 2.67. The van der Waals surface area contributed by atoms with E-state index < -0.39 is 9.89 Å². The van der Waals surface area contributed by atoms with Crippen molar-refractivity contribution >= 4 is 64.9 Å². The fraction of sp³-hybridized carbons (Fsp3) is 0.350. The largest absolute Gasteiger partial charge is 0.445 e. The van der Waals surface area contributed by atoms with Crippen LogP contribution in [0.25, 0.3) is 11.1 Å². The highest BCUT2D eigenvalue weighted by molar-refractivity contribution is 6.67. The average molecular weight is 499 g/mol. The first kappa shape index (κ1) is 24.4.